The van der Waals surface area contributed by atoms with E-state index in [4.69, 9.17) is 21.9 Å². The van der Waals surface area contributed by atoms with Crippen LogP contribution in [0.15, 0.2) is 52.3 Å². The van der Waals surface area contributed by atoms with E-state index in [1.165, 1.54) is 11.8 Å². The van der Waals surface area contributed by atoms with Crippen LogP contribution in [0.2, 0.25) is 0 Å². The van der Waals surface area contributed by atoms with Gasteiger partial charge in [-0.1, -0.05) is 30.0 Å². The molecule has 1 amide bonds. The summed E-state index contributed by atoms with van der Waals surface area (Å²) in [4.78, 5) is 38.3. The molecule has 0 unspecified atom stereocenters. The van der Waals surface area contributed by atoms with Crippen molar-refractivity contribution in [3.05, 3.63) is 69.0 Å². The molecule has 2 fully saturated rings. The number of pyridine rings is 1. The van der Waals surface area contributed by atoms with Gasteiger partial charge in [0.1, 0.15) is 21.5 Å². The van der Waals surface area contributed by atoms with Crippen molar-refractivity contribution >= 4 is 57.4 Å². The summed E-state index contributed by atoms with van der Waals surface area (Å²) >= 11 is 6.69. The van der Waals surface area contributed by atoms with Gasteiger partial charge in [0.2, 0.25) is 0 Å². The van der Waals surface area contributed by atoms with Crippen LogP contribution >= 0.6 is 24.0 Å². The zero-order valence-electron chi connectivity index (χ0n) is 21.3. The predicted octanol–water partition coefficient (Wildman–Crippen LogP) is 3.95. The molecular formula is C27H29N5O3S2. The van der Waals surface area contributed by atoms with Gasteiger partial charge < -0.3 is 14.5 Å². The Balaban J connectivity index is 1.52. The smallest absolute Gasteiger partial charge is 0.267 e. The van der Waals surface area contributed by atoms with Gasteiger partial charge in [-0.05, 0) is 62.7 Å². The number of amides is 1. The molecule has 10 heteroatoms. The number of thioether (sulfide) groups is 1. The standard InChI is InChI=1S/C27H29N5O3S2/c1-17(2)32-26(34)22(37-27(32)36)16-21-24(28-23-18(3)6-5-11-31(23)25(21)33)30-14-12-29(13-15-30)19-7-9-20(35-4)10-8-19/h5-11,16-17H,12-15H2,1-4H3. The van der Waals surface area contributed by atoms with E-state index < -0.39 is 0 Å². The Labute approximate surface area is 225 Å². The number of thiocarbonyl (C=S) groups is 1. The fourth-order valence-electron chi connectivity index (χ4n) is 4.69. The number of carbonyl (C=O) groups excluding carboxylic acids is 1. The van der Waals surface area contributed by atoms with Crippen molar-refractivity contribution in [3.63, 3.8) is 0 Å². The molecule has 0 atom stereocenters. The van der Waals surface area contributed by atoms with Crippen molar-refractivity contribution in [1.82, 2.24) is 14.3 Å². The first kappa shape index (κ1) is 25.3. The second-order valence-corrected chi connectivity index (χ2v) is 11.0. The summed E-state index contributed by atoms with van der Waals surface area (Å²) in [5.41, 5.74) is 2.86. The summed E-state index contributed by atoms with van der Waals surface area (Å²) in [5, 5.41) is 0. The third-order valence-corrected chi connectivity index (χ3v) is 8.03. The van der Waals surface area contributed by atoms with Gasteiger partial charge in [-0.15, -0.1) is 0 Å². The minimum Gasteiger partial charge on any atom is -0.497 e. The highest BCUT2D eigenvalue weighted by Gasteiger charge is 2.34. The predicted molar refractivity (Wildman–Crippen MR) is 154 cm³/mol. The number of hydrogen-bond donors (Lipinski definition) is 0. The number of fused-ring (bicyclic) bond motifs is 1. The van der Waals surface area contributed by atoms with Gasteiger partial charge in [0.05, 0.1) is 17.6 Å². The molecule has 0 aliphatic carbocycles. The largest absolute Gasteiger partial charge is 0.497 e. The molecule has 4 heterocycles. The van der Waals surface area contributed by atoms with Crippen molar-refractivity contribution < 1.29 is 9.53 Å². The number of aromatic nitrogens is 2. The number of piperazine rings is 1. The van der Waals surface area contributed by atoms with Crippen LogP contribution < -0.4 is 20.1 Å². The maximum absolute atomic E-state index is 13.7. The number of rotatable bonds is 5. The topological polar surface area (TPSA) is 70.4 Å². The Bertz CT molecular complexity index is 1460. The normalized spacial score (nSPS) is 17.5. The SMILES string of the molecule is COc1ccc(N2CCN(c3nc4c(C)cccn4c(=O)c3C=C3SC(=S)N(C(C)C)C3=O)CC2)cc1. The summed E-state index contributed by atoms with van der Waals surface area (Å²) in [6, 6.07) is 11.8. The highest BCUT2D eigenvalue weighted by Crippen LogP contribution is 2.35. The first-order valence-corrected chi connectivity index (χ1v) is 13.4. The molecule has 0 N–H and O–H groups in total. The van der Waals surface area contributed by atoms with E-state index in [0.717, 1.165) is 30.1 Å². The van der Waals surface area contributed by atoms with Crippen LogP contribution in [0, 0.1) is 6.92 Å². The summed E-state index contributed by atoms with van der Waals surface area (Å²) in [5.74, 6) is 1.25. The quantitative estimate of drug-likeness (QED) is 0.359. The highest BCUT2D eigenvalue weighted by molar-refractivity contribution is 8.26. The molecule has 1 aromatic carbocycles. The van der Waals surface area contributed by atoms with Crippen LogP contribution in [0.4, 0.5) is 11.5 Å². The zero-order valence-corrected chi connectivity index (χ0v) is 22.9. The molecule has 0 spiro atoms. The van der Waals surface area contributed by atoms with Gasteiger partial charge >= 0.3 is 0 Å². The van der Waals surface area contributed by atoms with Gasteiger partial charge in [0.25, 0.3) is 11.5 Å². The first-order chi connectivity index (χ1) is 17.8. The van der Waals surface area contributed by atoms with E-state index in [0.29, 0.717) is 39.3 Å². The van der Waals surface area contributed by atoms with Crippen LogP contribution in [-0.4, -0.2) is 63.8 Å². The monoisotopic (exact) mass is 535 g/mol. The molecule has 37 heavy (non-hydrogen) atoms. The molecule has 8 nitrogen and oxygen atoms in total. The Hall–Kier alpha value is -3.37. The van der Waals surface area contributed by atoms with Crippen LogP contribution in [0.1, 0.15) is 25.0 Å². The first-order valence-electron chi connectivity index (χ1n) is 12.2. The minimum absolute atomic E-state index is 0.0534. The number of methoxy groups -OCH3 is 1. The lowest BCUT2D eigenvalue weighted by Gasteiger charge is -2.37. The van der Waals surface area contributed by atoms with E-state index >= 15 is 0 Å². The molecule has 2 aliphatic heterocycles. The number of carbonyl (C=O) groups is 1. The van der Waals surface area contributed by atoms with Gasteiger partial charge in [-0.2, -0.15) is 0 Å². The van der Waals surface area contributed by atoms with E-state index in [1.807, 2.05) is 45.0 Å². The Morgan fingerprint density at radius 3 is 2.35 bits per heavy atom. The van der Waals surface area contributed by atoms with E-state index in [-0.39, 0.29) is 17.5 Å². The number of nitrogens with zero attached hydrogens (tertiary/aromatic N) is 5. The average Bonchev–Trinajstić information content (AvgIpc) is 3.18. The summed E-state index contributed by atoms with van der Waals surface area (Å²) < 4.78 is 7.34. The molecule has 0 bridgehead atoms. The number of ether oxygens (including phenoxy) is 1. The van der Waals surface area contributed by atoms with Crippen LogP contribution in [0.25, 0.3) is 11.7 Å². The van der Waals surface area contributed by atoms with Gasteiger partial charge in [-0.3, -0.25) is 18.9 Å². The van der Waals surface area contributed by atoms with E-state index in [2.05, 4.69) is 21.9 Å². The Kier molecular flexibility index (Phi) is 6.96. The second-order valence-electron chi connectivity index (χ2n) is 9.36. The molecule has 0 radical (unpaired) electrons. The van der Waals surface area contributed by atoms with Crippen molar-refractivity contribution in [2.45, 2.75) is 26.8 Å². The molecule has 5 rings (SSSR count). The molecule has 192 valence electrons. The molecule has 2 aliphatic rings. The third kappa shape index (κ3) is 4.71. The lowest BCUT2D eigenvalue weighted by molar-refractivity contribution is -0.123. The Morgan fingerprint density at radius 2 is 1.73 bits per heavy atom. The molecule has 2 aromatic heterocycles. The van der Waals surface area contributed by atoms with Crippen LogP contribution in [-0.2, 0) is 4.79 Å². The fourth-order valence-corrected chi connectivity index (χ4v) is 6.20. The molecule has 2 saturated heterocycles. The summed E-state index contributed by atoms with van der Waals surface area (Å²) in [7, 11) is 1.66. The van der Waals surface area contributed by atoms with Crippen LogP contribution in [0.5, 0.6) is 5.75 Å². The number of hydrogen-bond acceptors (Lipinski definition) is 8. The van der Waals surface area contributed by atoms with Crippen molar-refractivity contribution in [2.75, 3.05) is 43.1 Å². The molecule has 0 saturated carbocycles. The number of benzene rings is 1. The Morgan fingerprint density at radius 1 is 1.05 bits per heavy atom. The molecular weight excluding hydrogens is 506 g/mol. The van der Waals surface area contributed by atoms with Gasteiger partial charge in [0.15, 0.2) is 0 Å². The fraction of sp³-hybridized carbons (Fsp3) is 0.333. The van der Waals surface area contributed by atoms with E-state index in [9.17, 15) is 9.59 Å². The van der Waals surface area contributed by atoms with Gasteiger partial charge in [-0.25, -0.2) is 4.98 Å². The van der Waals surface area contributed by atoms with Gasteiger partial charge in [0, 0.05) is 44.1 Å². The summed E-state index contributed by atoms with van der Waals surface area (Å²) in [6.45, 7) is 8.72. The van der Waals surface area contributed by atoms with Crippen molar-refractivity contribution in [2.24, 2.45) is 0 Å². The zero-order chi connectivity index (χ0) is 26.3. The number of aryl methyl sites for hydroxylation is 1. The lowest BCUT2D eigenvalue weighted by atomic mass is 10.2. The van der Waals surface area contributed by atoms with Crippen LogP contribution in [0.3, 0.4) is 0 Å². The maximum atomic E-state index is 13.7. The summed E-state index contributed by atoms with van der Waals surface area (Å²) in [6.07, 6.45) is 3.40. The molecule has 3 aromatic rings. The average molecular weight is 536 g/mol. The third-order valence-electron chi connectivity index (χ3n) is 6.70. The van der Waals surface area contributed by atoms with Crippen molar-refractivity contribution in [1.29, 1.82) is 0 Å². The number of anilines is 2. The van der Waals surface area contributed by atoms with Crippen molar-refractivity contribution in [3.8, 4) is 5.75 Å². The highest BCUT2D eigenvalue weighted by atomic mass is 32.2. The lowest BCUT2D eigenvalue weighted by Crippen LogP contribution is -2.47. The minimum atomic E-state index is -0.198. The maximum Gasteiger partial charge on any atom is 0.267 e. The second kappa shape index (κ2) is 10.2. The van der Waals surface area contributed by atoms with E-state index in [1.54, 1.807) is 28.7 Å².